The third-order valence-corrected chi connectivity index (χ3v) is 2.28. The number of benzene rings is 1. The Hall–Kier alpha value is -1.94. The van der Waals surface area contributed by atoms with E-state index in [2.05, 4.69) is 4.98 Å². The number of aliphatic hydroxyl groups excluding tert-OH is 1. The van der Waals surface area contributed by atoms with Crippen LogP contribution in [0.2, 0.25) is 0 Å². The summed E-state index contributed by atoms with van der Waals surface area (Å²) < 4.78 is 18.1. The van der Waals surface area contributed by atoms with Crippen molar-refractivity contribution in [2.24, 2.45) is 0 Å². The number of aromatic nitrogens is 1. The SMILES string of the molecule is CC(O)c1ccc(Oc2ccc(F)cc2)nc1. The molecule has 1 unspecified atom stereocenters. The van der Waals surface area contributed by atoms with Crippen LogP contribution in [0.5, 0.6) is 11.6 Å². The summed E-state index contributed by atoms with van der Waals surface area (Å²) in [6.07, 6.45) is 0.992. The number of hydrogen-bond acceptors (Lipinski definition) is 3. The van der Waals surface area contributed by atoms with Gasteiger partial charge in [0.1, 0.15) is 11.6 Å². The maximum absolute atomic E-state index is 12.7. The van der Waals surface area contributed by atoms with Crippen LogP contribution in [0.25, 0.3) is 0 Å². The lowest BCUT2D eigenvalue weighted by Gasteiger charge is -2.06. The summed E-state index contributed by atoms with van der Waals surface area (Å²) in [5, 5.41) is 9.31. The molecule has 88 valence electrons. The van der Waals surface area contributed by atoms with Gasteiger partial charge in [-0.2, -0.15) is 0 Å². The molecule has 0 aliphatic carbocycles. The fourth-order valence-electron chi connectivity index (χ4n) is 1.32. The number of halogens is 1. The Morgan fingerprint density at radius 3 is 2.41 bits per heavy atom. The molecule has 0 radical (unpaired) electrons. The van der Waals surface area contributed by atoms with E-state index in [-0.39, 0.29) is 5.82 Å². The Labute approximate surface area is 98.5 Å². The van der Waals surface area contributed by atoms with E-state index >= 15 is 0 Å². The second-order valence-electron chi connectivity index (χ2n) is 3.66. The monoisotopic (exact) mass is 233 g/mol. The number of hydrogen-bond donors (Lipinski definition) is 1. The number of pyridine rings is 1. The zero-order valence-electron chi connectivity index (χ0n) is 9.30. The van der Waals surface area contributed by atoms with Gasteiger partial charge in [0.15, 0.2) is 0 Å². The van der Waals surface area contributed by atoms with Crippen molar-refractivity contribution in [1.29, 1.82) is 0 Å². The van der Waals surface area contributed by atoms with Crippen molar-refractivity contribution in [3.05, 3.63) is 54.0 Å². The smallest absolute Gasteiger partial charge is 0.219 e. The molecule has 0 aliphatic heterocycles. The molecular weight excluding hydrogens is 221 g/mol. The standard InChI is InChI=1S/C13H12FNO2/c1-9(16)10-2-7-13(15-8-10)17-12-5-3-11(14)4-6-12/h2-9,16H,1H3. The molecule has 3 nitrogen and oxygen atoms in total. The third-order valence-electron chi connectivity index (χ3n) is 2.28. The highest BCUT2D eigenvalue weighted by Gasteiger charge is 2.03. The van der Waals surface area contributed by atoms with Crippen molar-refractivity contribution < 1.29 is 14.2 Å². The molecule has 0 aliphatic rings. The average molecular weight is 233 g/mol. The summed E-state index contributed by atoms with van der Waals surface area (Å²) in [5.74, 6) is 0.611. The maximum atomic E-state index is 12.7. The molecule has 1 N–H and O–H groups in total. The van der Waals surface area contributed by atoms with Crippen LogP contribution in [0.3, 0.4) is 0 Å². The van der Waals surface area contributed by atoms with Crippen LogP contribution in [0.15, 0.2) is 42.6 Å². The number of rotatable bonds is 3. The van der Waals surface area contributed by atoms with Crippen LogP contribution in [0.1, 0.15) is 18.6 Å². The van der Waals surface area contributed by atoms with E-state index in [1.807, 2.05) is 0 Å². The highest BCUT2D eigenvalue weighted by molar-refractivity contribution is 5.28. The van der Waals surface area contributed by atoms with Crippen LogP contribution in [0.4, 0.5) is 4.39 Å². The summed E-state index contributed by atoms with van der Waals surface area (Å²) in [7, 11) is 0. The Morgan fingerprint density at radius 1 is 1.18 bits per heavy atom. The Morgan fingerprint density at radius 2 is 1.88 bits per heavy atom. The normalized spacial score (nSPS) is 12.2. The fraction of sp³-hybridized carbons (Fsp3) is 0.154. The van der Waals surface area contributed by atoms with E-state index in [1.165, 1.54) is 24.3 Å². The zero-order chi connectivity index (χ0) is 12.3. The van der Waals surface area contributed by atoms with E-state index in [4.69, 9.17) is 4.74 Å². The molecular formula is C13H12FNO2. The number of nitrogens with zero attached hydrogens (tertiary/aromatic N) is 1. The first-order chi connectivity index (χ1) is 8.15. The molecule has 0 saturated heterocycles. The summed E-state index contributed by atoms with van der Waals surface area (Å²) in [4.78, 5) is 4.04. The van der Waals surface area contributed by atoms with Gasteiger partial charge in [0.05, 0.1) is 6.10 Å². The number of aliphatic hydroxyl groups is 1. The predicted molar refractivity (Wildman–Crippen MR) is 61.3 cm³/mol. The molecule has 1 atom stereocenters. The minimum atomic E-state index is -0.553. The molecule has 0 bridgehead atoms. The van der Waals surface area contributed by atoms with Gasteiger partial charge < -0.3 is 9.84 Å². The molecule has 1 aromatic heterocycles. The lowest BCUT2D eigenvalue weighted by atomic mass is 10.2. The van der Waals surface area contributed by atoms with Crippen LogP contribution in [0, 0.1) is 5.82 Å². The van der Waals surface area contributed by atoms with Gasteiger partial charge in [-0.05, 0) is 42.8 Å². The molecule has 0 saturated carbocycles. The van der Waals surface area contributed by atoms with Gasteiger partial charge in [-0.3, -0.25) is 0 Å². The molecule has 2 rings (SSSR count). The van der Waals surface area contributed by atoms with Gasteiger partial charge in [-0.25, -0.2) is 9.37 Å². The van der Waals surface area contributed by atoms with Crippen LogP contribution < -0.4 is 4.74 Å². The van der Waals surface area contributed by atoms with Gasteiger partial charge in [0.2, 0.25) is 5.88 Å². The zero-order valence-corrected chi connectivity index (χ0v) is 9.30. The van der Waals surface area contributed by atoms with Gasteiger partial charge in [0, 0.05) is 12.3 Å². The minimum Gasteiger partial charge on any atom is -0.439 e. The Balaban J connectivity index is 2.11. The van der Waals surface area contributed by atoms with E-state index in [1.54, 1.807) is 25.3 Å². The highest BCUT2D eigenvalue weighted by atomic mass is 19.1. The van der Waals surface area contributed by atoms with Crippen molar-refractivity contribution in [2.45, 2.75) is 13.0 Å². The third kappa shape index (κ3) is 3.01. The lowest BCUT2D eigenvalue weighted by molar-refractivity contribution is 0.198. The average Bonchev–Trinajstić information content (AvgIpc) is 2.33. The predicted octanol–water partition coefficient (Wildman–Crippen LogP) is 3.07. The topological polar surface area (TPSA) is 42.4 Å². The number of ether oxygens (including phenoxy) is 1. The quantitative estimate of drug-likeness (QED) is 0.885. The molecule has 2 aromatic rings. The van der Waals surface area contributed by atoms with Crippen LogP contribution in [-0.4, -0.2) is 10.1 Å². The van der Waals surface area contributed by atoms with Crippen molar-refractivity contribution in [3.8, 4) is 11.6 Å². The first-order valence-corrected chi connectivity index (χ1v) is 5.22. The van der Waals surface area contributed by atoms with E-state index in [0.717, 1.165) is 5.56 Å². The second-order valence-corrected chi connectivity index (χ2v) is 3.66. The molecule has 0 spiro atoms. The maximum Gasteiger partial charge on any atom is 0.219 e. The molecule has 0 fully saturated rings. The first kappa shape index (κ1) is 11.5. The van der Waals surface area contributed by atoms with Crippen molar-refractivity contribution >= 4 is 0 Å². The molecule has 1 heterocycles. The summed E-state index contributed by atoms with van der Waals surface area (Å²) >= 11 is 0. The second kappa shape index (κ2) is 4.93. The molecule has 1 aromatic carbocycles. The van der Waals surface area contributed by atoms with E-state index in [0.29, 0.717) is 11.6 Å². The largest absolute Gasteiger partial charge is 0.439 e. The van der Waals surface area contributed by atoms with Crippen molar-refractivity contribution in [1.82, 2.24) is 4.98 Å². The lowest BCUT2D eigenvalue weighted by Crippen LogP contribution is -1.93. The van der Waals surface area contributed by atoms with Gasteiger partial charge in [0.25, 0.3) is 0 Å². The van der Waals surface area contributed by atoms with E-state index in [9.17, 15) is 9.50 Å². The Kier molecular flexibility index (Phi) is 3.35. The van der Waals surface area contributed by atoms with Gasteiger partial charge in [-0.15, -0.1) is 0 Å². The van der Waals surface area contributed by atoms with E-state index < -0.39 is 6.10 Å². The fourth-order valence-corrected chi connectivity index (χ4v) is 1.32. The minimum absolute atomic E-state index is 0.310. The molecule has 17 heavy (non-hydrogen) atoms. The first-order valence-electron chi connectivity index (χ1n) is 5.22. The molecule has 0 amide bonds. The van der Waals surface area contributed by atoms with Crippen LogP contribution in [-0.2, 0) is 0 Å². The summed E-state index contributed by atoms with van der Waals surface area (Å²) in [6.45, 7) is 1.66. The summed E-state index contributed by atoms with van der Waals surface area (Å²) in [6, 6.07) is 9.08. The van der Waals surface area contributed by atoms with Gasteiger partial charge in [-0.1, -0.05) is 0 Å². The van der Waals surface area contributed by atoms with Crippen LogP contribution >= 0.6 is 0 Å². The highest BCUT2D eigenvalue weighted by Crippen LogP contribution is 2.20. The molecule has 4 heteroatoms. The summed E-state index contributed by atoms with van der Waals surface area (Å²) in [5.41, 5.74) is 0.719. The van der Waals surface area contributed by atoms with Crippen molar-refractivity contribution in [2.75, 3.05) is 0 Å². The Bertz CT molecular complexity index is 480. The van der Waals surface area contributed by atoms with Gasteiger partial charge >= 0.3 is 0 Å². The van der Waals surface area contributed by atoms with Crippen molar-refractivity contribution in [3.63, 3.8) is 0 Å².